The van der Waals surface area contributed by atoms with Crippen LogP contribution in [0, 0.1) is 6.92 Å². The number of sulfone groups is 2. The van der Waals surface area contributed by atoms with Gasteiger partial charge >= 0.3 is 0 Å². The highest BCUT2D eigenvalue weighted by Gasteiger charge is 2.23. The molecule has 8 heteroatoms. The summed E-state index contributed by atoms with van der Waals surface area (Å²) in [4.78, 5) is 0.660. The second-order valence-electron chi connectivity index (χ2n) is 6.26. The zero-order valence-electron chi connectivity index (χ0n) is 14.8. The van der Waals surface area contributed by atoms with Crippen molar-refractivity contribution in [3.05, 3.63) is 65.0 Å². The maximum atomic E-state index is 13.1. The molecule has 5 nitrogen and oxygen atoms in total. The van der Waals surface area contributed by atoms with Gasteiger partial charge in [0, 0.05) is 17.7 Å². The molecule has 27 heavy (non-hydrogen) atoms. The number of benzene rings is 2. The van der Waals surface area contributed by atoms with Crippen LogP contribution in [0.15, 0.2) is 68.6 Å². The first-order valence-corrected chi connectivity index (χ1v) is 12.3. The topological polar surface area (TPSA) is 94.3 Å². The molecule has 0 aliphatic carbocycles. The van der Waals surface area contributed by atoms with Crippen LogP contribution in [0.3, 0.4) is 0 Å². The van der Waals surface area contributed by atoms with Crippen molar-refractivity contribution in [1.82, 2.24) is 0 Å². The van der Waals surface area contributed by atoms with Gasteiger partial charge in [-0.05, 0) is 48.4 Å². The first-order chi connectivity index (χ1) is 12.6. The third-order valence-corrected chi connectivity index (χ3v) is 8.53. The average molecular weight is 422 g/mol. The van der Waals surface area contributed by atoms with Crippen LogP contribution < -0.4 is 5.73 Å². The van der Waals surface area contributed by atoms with Crippen LogP contribution in [0.4, 0.5) is 0 Å². The summed E-state index contributed by atoms with van der Waals surface area (Å²) in [5.74, 6) is 0. The van der Waals surface area contributed by atoms with Gasteiger partial charge in [0.05, 0.1) is 9.79 Å². The van der Waals surface area contributed by atoms with E-state index in [0.717, 1.165) is 33.6 Å². The van der Waals surface area contributed by atoms with E-state index in [-0.39, 0.29) is 20.5 Å². The van der Waals surface area contributed by atoms with Gasteiger partial charge in [0.1, 0.15) is 4.21 Å². The fourth-order valence-electron chi connectivity index (χ4n) is 2.58. The Morgan fingerprint density at radius 1 is 0.852 bits per heavy atom. The van der Waals surface area contributed by atoms with Gasteiger partial charge in [0.25, 0.3) is 0 Å². The largest absolute Gasteiger partial charge is 0.326 e. The zero-order chi connectivity index (χ0) is 19.8. The lowest BCUT2D eigenvalue weighted by atomic mass is 10.0. The van der Waals surface area contributed by atoms with E-state index in [1.807, 2.05) is 31.2 Å². The SMILES string of the molecule is Cc1ccc(-c2cc(S(C)(=O)=O)cc(S(=O)(=O)c3ccc(CN)s3)c2)cc1. The summed E-state index contributed by atoms with van der Waals surface area (Å²) in [7, 11) is -7.44. The first kappa shape index (κ1) is 19.8. The Bertz CT molecular complexity index is 1190. The van der Waals surface area contributed by atoms with E-state index in [2.05, 4.69) is 0 Å². The van der Waals surface area contributed by atoms with Crippen molar-refractivity contribution in [3.63, 3.8) is 0 Å². The molecule has 0 saturated heterocycles. The lowest BCUT2D eigenvalue weighted by Crippen LogP contribution is -2.04. The molecule has 0 radical (unpaired) electrons. The number of rotatable bonds is 5. The molecular formula is C19H19NO4S3. The molecule has 0 atom stereocenters. The maximum Gasteiger partial charge on any atom is 0.216 e. The van der Waals surface area contributed by atoms with Crippen molar-refractivity contribution in [3.8, 4) is 11.1 Å². The Morgan fingerprint density at radius 3 is 2.04 bits per heavy atom. The number of thiophene rings is 1. The second kappa shape index (κ2) is 7.20. The molecule has 3 aromatic rings. The van der Waals surface area contributed by atoms with Crippen LogP contribution in [0.5, 0.6) is 0 Å². The molecule has 0 aliphatic heterocycles. The van der Waals surface area contributed by atoms with Gasteiger partial charge in [-0.1, -0.05) is 29.8 Å². The monoisotopic (exact) mass is 421 g/mol. The molecule has 2 N–H and O–H groups in total. The van der Waals surface area contributed by atoms with E-state index in [1.165, 1.54) is 24.3 Å². The molecule has 0 unspecified atom stereocenters. The molecule has 0 bridgehead atoms. The van der Waals surface area contributed by atoms with Crippen LogP contribution in [0.2, 0.25) is 0 Å². The van der Waals surface area contributed by atoms with E-state index in [9.17, 15) is 16.8 Å². The minimum atomic E-state index is -3.85. The third kappa shape index (κ3) is 4.14. The summed E-state index contributed by atoms with van der Waals surface area (Å²) in [6.45, 7) is 2.19. The fraction of sp³-hybridized carbons (Fsp3) is 0.158. The molecule has 0 fully saturated rings. The molecule has 142 valence electrons. The van der Waals surface area contributed by atoms with Gasteiger partial charge in [0.2, 0.25) is 9.84 Å². The minimum absolute atomic E-state index is 0.0326. The van der Waals surface area contributed by atoms with Crippen molar-refractivity contribution in [1.29, 1.82) is 0 Å². The third-order valence-electron chi connectivity index (χ3n) is 4.11. The first-order valence-electron chi connectivity index (χ1n) is 8.07. The van der Waals surface area contributed by atoms with Crippen LogP contribution in [0.25, 0.3) is 11.1 Å². The normalized spacial score (nSPS) is 12.3. The molecule has 0 spiro atoms. The number of aryl methyl sites for hydroxylation is 1. The maximum absolute atomic E-state index is 13.1. The van der Waals surface area contributed by atoms with Crippen molar-refractivity contribution in [2.24, 2.45) is 5.73 Å². The van der Waals surface area contributed by atoms with Crippen molar-refractivity contribution >= 4 is 31.0 Å². The van der Waals surface area contributed by atoms with Gasteiger partial charge in [-0.2, -0.15) is 0 Å². The molecule has 0 aliphatic rings. The van der Waals surface area contributed by atoms with E-state index in [0.29, 0.717) is 5.56 Å². The Balaban J connectivity index is 2.23. The highest BCUT2D eigenvalue weighted by atomic mass is 32.2. The van der Waals surface area contributed by atoms with E-state index >= 15 is 0 Å². The van der Waals surface area contributed by atoms with Gasteiger partial charge in [0.15, 0.2) is 9.84 Å². The lowest BCUT2D eigenvalue weighted by molar-refractivity contribution is 0.597. The number of hydrogen-bond donors (Lipinski definition) is 1. The number of nitrogens with two attached hydrogens (primary N) is 1. The predicted octanol–water partition coefficient (Wildman–Crippen LogP) is 3.42. The van der Waals surface area contributed by atoms with Crippen molar-refractivity contribution in [2.45, 2.75) is 27.5 Å². The summed E-state index contributed by atoms with van der Waals surface area (Å²) in [6.07, 6.45) is 1.06. The van der Waals surface area contributed by atoms with Gasteiger partial charge in [-0.3, -0.25) is 0 Å². The Labute approximate surface area is 163 Å². The highest BCUT2D eigenvalue weighted by molar-refractivity contribution is 7.93. The number of hydrogen-bond acceptors (Lipinski definition) is 6. The standard InChI is InChI=1S/C19H19NO4S3/c1-13-3-5-14(6-4-13)15-9-17(26(2,21)22)11-18(10-15)27(23,24)19-8-7-16(12-20)25-19/h3-11H,12,20H2,1-2H3. The minimum Gasteiger partial charge on any atom is -0.326 e. The summed E-state index contributed by atoms with van der Waals surface area (Å²) in [5, 5.41) is 0. The quantitative estimate of drug-likeness (QED) is 0.681. The summed E-state index contributed by atoms with van der Waals surface area (Å²) in [6, 6.07) is 14.8. The summed E-state index contributed by atoms with van der Waals surface area (Å²) in [5.41, 5.74) is 7.91. The highest BCUT2D eigenvalue weighted by Crippen LogP contribution is 2.32. The zero-order valence-corrected chi connectivity index (χ0v) is 17.3. The van der Waals surface area contributed by atoms with Crippen molar-refractivity contribution < 1.29 is 16.8 Å². The molecule has 1 aromatic heterocycles. The summed E-state index contributed by atoms with van der Waals surface area (Å²) >= 11 is 1.09. The van der Waals surface area contributed by atoms with Crippen LogP contribution in [-0.4, -0.2) is 23.1 Å². The Hall–Kier alpha value is -2.00. The van der Waals surface area contributed by atoms with Crippen LogP contribution in [0.1, 0.15) is 10.4 Å². The average Bonchev–Trinajstić information content (AvgIpc) is 3.11. The molecular weight excluding hydrogens is 402 g/mol. The van der Waals surface area contributed by atoms with E-state index < -0.39 is 19.7 Å². The second-order valence-corrected chi connectivity index (χ2v) is 11.6. The smallest absolute Gasteiger partial charge is 0.216 e. The molecule has 1 heterocycles. The van der Waals surface area contributed by atoms with Crippen LogP contribution >= 0.6 is 11.3 Å². The lowest BCUT2D eigenvalue weighted by Gasteiger charge is -2.10. The Morgan fingerprint density at radius 2 is 1.48 bits per heavy atom. The summed E-state index contributed by atoms with van der Waals surface area (Å²) < 4.78 is 50.5. The van der Waals surface area contributed by atoms with E-state index in [1.54, 1.807) is 6.07 Å². The molecule has 0 amide bonds. The van der Waals surface area contributed by atoms with E-state index in [4.69, 9.17) is 5.73 Å². The van der Waals surface area contributed by atoms with Crippen molar-refractivity contribution in [2.75, 3.05) is 6.26 Å². The molecule has 2 aromatic carbocycles. The van der Waals surface area contributed by atoms with Gasteiger partial charge in [-0.25, -0.2) is 16.8 Å². The van der Waals surface area contributed by atoms with Crippen LogP contribution in [-0.2, 0) is 26.2 Å². The molecule has 3 rings (SSSR count). The molecule has 0 saturated carbocycles. The Kier molecular flexibility index (Phi) is 5.27. The fourth-order valence-corrected chi connectivity index (χ4v) is 6.05. The predicted molar refractivity (Wildman–Crippen MR) is 107 cm³/mol. The van der Waals surface area contributed by atoms with Gasteiger partial charge < -0.3 is 5.73 Å². The van der Waals surface area contributed by atoms with Gasteiger partial charge in [-0.15, -0.1) is 11.3 Å².